The molecular formula is C24H31NO6S. The molecule has 0 bridgehead atoms. The van der Waals surface area contributed by atoms with Gasteiger partial charge in [-0.15, -0.1) is 4.40 Å². The summed E-state index contributed by atoms with van der Waals surface area (Å²) in [6.45, 7) is 9.69. The largest absolute Gasteiger partial charge is 0.483 e. The molecule has 7 nitrogen and oxygen atoms in total. The number of carbonyl (C=O) groups is 1. The van der Waals surface area contributed by atoms with Crippen LogP contribution in [0.3, 0.4) is 0 Å². The molecule has 0 radical (unpaired) electrons. The number of hydrogen-bond donors (Lipinski definition) is 1. The summed E-state index contributed by atoms with van der Waals surface area (Å²) in [5, 5.41) is 10.8. The Labute approximate surface area is 190 Å². The van der Waals surface area contributed by atoms with Crippen LogP contribution in [0.1, 0.15) is 50.3 Å². The zero-order chi connectivity index (χ0) is 24.1. The van der Waals surface area contributed by atoms with E-state index >= 15 is 0 Å². The molecule has 174 valence electrons. The number of rotatable bonds is 7. The quantitative estimate of drug-likeness (QED) is 0.383. The second kappa shape index (κ2) is 10.3. The van der Waals surface area contributed by atoms with E-state index in [2.05, 4.69) is 25.2 Å². The van der Waals surface area contributed by atoms with Gasteiger partial charge in [0.25, 0.3) is 10.0 Å². The van der Waals surface area contributed by atoms with E-state index in [0.29, 0.717) is 5.56 Å². The summed E-state index contributed by atoms with van der Waals surface area (Å²) in [7, 11) is -2.90. The predicted molar refractivity (Wildman–Crippen MR) is 123 cm³/mol. The molecule has 0 aliphatic carbocycles. The first-order chi connectivity index (χ1) is 14.9. The van der Waals surface area contributed by atoms with Gasteiger partial charge in [0, 0.05) is 0 Å². The van der Waals surface area contributed by atoms with E-state index < -0.39 is 28.0 Å². The second-order valence-corrected chi connectivity index (χ2v) is 10.1. The molecule has 0 aromatic heterocycles. The number of sulfonamides is 1. The SMILES string of the molecule is CCOC(=O)C(O)C(/C(=N/S(=O)(=O)c1ccc(C)cc1)OC)c1ccc(C(C)(C)C)cc1. The molecule has 0 saturated heterocycles. The van der Waals surface area contributed by atoms with Gasteiger partial charge in [-0.1, -0.05) is 62.7 Å². The summed E-state index contributed by atoms with van der Waals surface area (Å²) in [5.74, 6) is -2.38. The highest BCUT2D eigenvalue weighted by molar-refractivity contribution is 7.90. The summed E-state index contributed by atoms with van der Waals surface area (Å²) >= 11 is 0. The van der Waals surface area contributed by atoms with Crippen molar-refractivity contribution in [2.75, 3.05) is 13.7 Å². The third-order valence-corrected chi connectivity index (χ3v) is 6.27. The Bertz CT molecular complexity index is 1050. The predicted octanol–water partition coefficient (Wildman–Crippen LogP) is 3.73. The molecule has 0 aliphatic heterocycles. The van der Waals surface area contributed by atoms with Gasteiger partial charge in [0.1, 0.15) is 0 Å². The molecule has 32 heavy (non-hydrogen) atoms. The van der Waals surface area contributed by atoms with E-state index in [1.165, 1.54) is 19.2 Å². The maximum absolute atomic E-state index is 12.9. The average Bonchev–Trinajstić information content (AvgIpc) is 2.73. The van der Waals surface area contributed by atoms with Crippen molar-refractivity contribution in [1.82, 2.24) is 0 Å². The molecule has 0 spiro atoms. The van der Waals surface area contributed by atoms with Crippen LogP contribution in [0.15, 0.2) is 57.8 Å². The fourth-order valence-electron chi connectivity index (χ4n) is 3.12. The highest BCUT2D eigenvalue weighted by Gasteiger charge is 2.35. The lowest BCUT2D eigenvalue weighted by Crippen LogP contribution is -2.35. The Morgan fingerprint density at radius 2 is 1.62 bits per heavy atom. The molecule has 0 saturated carbocycles. The molecule has 2 aromatic rings. The molecule has 0 amide bonds. The zero-order valence-electron chi connectivity index (χ0n) is 19.3. The third-order valence-electron chi connectivity index (χ3n) is 4.98. The Morgan fingerprint density at radius 3 is 2.09 bits per heavy atom. The monoisotopic (exact) mass is 461 g/mol. The van der Waals surface area contributed by atoms with Crippen molar-refractivity contribution in [3.63, 3.8) is 0 Å². The van der Waals surface area contributed by atoms with E-state index in [1.807, 2.05) is 19.1 Å². The molecule has 0 aliphatic rings. The van der Waals surface area contributed by atoms with Gasteiger partial charge >= 0.3 is 5.97 Å². The zero-order valence-corrected chi connectivity index (χ0v) is 20.1. The molecular weight excluding hydrogens is 430 g/mol. The van der Waals surface area contributed by atoms with E-state index in [-0.39, 0.29) is 22.8 Å². The lowest BCUT2D eigenvalue weighted by atomic mass is 9.84. The van der Waals surface area contributed by atoms with Crippen molar-refractivity contribution in [3.05, 3.63) is 65.2 Å². The Balaban J connectivity index is 2.59. The molecule has 8 heteroatoms. The topological polar surface area (TPSA) is 102 Å². The van der Waals surface area contributed by atoms with Crippen molar-refractivity contribution in [2.24, 2.45) is 4.40 Å². The average molecular weight is 462 g/mol. The number of hydrogen-bond acceptors (Lipinski definition) is 6. The van der Waals surface area contributed by atoms with Crippen LogP contribution in [-0.4, -0.2) is 45.2 Å². The van der Waals surface area contributed by atoms with E-state index in [0.717, 1.165) is 11.1 Å². The van der Waals surface area contributed by atoms with Crippen molar-refractivity contribution in [2.45, 2.75) is 57.0 Å². The molecule has 2 aromatic carbocycles. The lowest BCUT2D eigenvalue weighted by Gasteiger charge is -2.24. The first-order valence-corrected chi connectivity index (χ1v) is 11.8. The molecule has 2 atom stereocenters. The molecule has 0 heterocycles. The van der Waals surface area contributed by atoms with Gasteiger partial charge in [0.15, 0.2) is 6.10 Å². The Morgan fingerprint density at radius 1 is 1.06 bits per heavy atom. The number of nitrogens with zero attached hydrogens (tertiary/aromatic N) is 1. The fraction of sp³-hybridized carbons (Fsp3) is 0.417. The molecule has 2 rings (SSSR count). The first-order valence-electron chi connectivity index (χ1n) is 10.3. The Kier molecular flexibility index (Phi) is 8.20. The summed E-state index contributed by atoms with van der Waals surface area (Å²) < 4.78 is 39.9. The summed E-state index contributed by atoms with van der Waals surface area (Å²) in [5.41, 5.74) is 2.29. The highest BCUT2D eigenvalue weighted by Crippen LogP contribution is 2.29. The van der Waals surface area contributed by atoms with Crippen LogP contribution in [0.5, 0.6) is 0 Å². The van der Waals surface area contributed by atoms with Crippen molar-refractivity contribution < 1.29 is 27.8 Å². The van der Waals surface area contributed by atoms with Crippen LogP contribution >= 0.6 is 0 Å². The maximum atomic E-state index is 12.9. The number of ether oxygens (including phenoxy) is 2. The van der Waals surface area contributed by atoms with Crippen LogP contribution < -0.4 is 0 Å². The van der Waals surface area contributed by atoms with Crippen LogP contribution in [0.4, 0.5) is 0 Å². The minimum atomic E-state index is -4.14. The fourth-order valence-corrected chi connectivity index (χ4v) is 4.13. The van der Waals surface area contributed by atoms with E-state index in [1.54, 1.807) is 31.2 Å². The van der Waals surface area contributed by atoms with Crippen molar-refractivity contribution in [3.8, 4) is 0 Å². The lowest BCUT2D eigenvalue weighted by molar-refractivity contribution is -0.153. The van der Waals surface area contributed by atoms with E-state index in [9.17, 15) is 18.3 Å². The smallest absolute Gasteiger partial charge is 0.336 e. The minimum absolute atomic E-state index is 0.0231. The normalized spacial score (nSPS) is 14.5. The van der Waals surface area contributed by atoms with Gasteiger partial charge in [0.2, 0.25) is 5.90 Å². The summed E-state index contributed by atoms with van der Waals surface area (Å²) in [6, 6.07) is 13.4. The maximum Gasteiger partial charge on any atom is 0.336 e. The number of methoxy groups -OCH3 is 1. The van der Waals surface area contributed by atoms with Crippen LogP contribution in [0.2, 0.25) is 0 Å². The van der Waals surface area contributed by atoms with Crippen LogP contribution in [0.25, 0.3) is 0 Å². The van der Waals surface area contributed by atoms with Gasteiger partial charge in [-0.05, 0) is 42.5 Å². The second-order valence-electron chi connectivity index (χ2n) is 8.47. The first kappa shape index (κ1) is 25.5. The number of aryl methyl sites for hydroxylation is 1. The molecule has 0 fully saturated rings. The van der Waals surface area contributed by atoms with Gasteiger partial charge < -0.3 is 14.6 Å². The summed E-state index contributed by atoms with van der Waals surface area (Å²) in [6.07, 6.45) is -1.71. The van der Waals surface area contributed by atoms with Crippen LogP contribution in [-0.2, 0) is 29.7 Å². The standard InChI is InChI=1S/C24H31NO6S/c1-7-31-23(27)21(26)20(17-10-12-18(13-11-17)24(3,4)5)22(30-6)25-32(28,29)19-14-8-16(2)9-15-19/h8-15,20-21,26H,7H2,1-6H3/b25-22-. The van der Waals surface area contributed by atoms with Gasteiger partial charge in [-0.3, -0.25) is 0 Å². The number of esters is 1. The van der Waals surface area contributed by atoms with Crippen molar-refractivity contribution in [1.29, 1.82) is 0 Å². The number of aliphatic hydroxyl groups excluding tert-OH is 1. The van der Waals surface area contributed by atoms with Crippen molar-refractivity contribution >= 4 is 21.9 Å². The van der Waals surface area contributed by atoms with Crippen LogP contribution in [0, 0.1) is 6.92 Å². The molecule has 2 unspecified atom stereocenters. The Hall–Kier alpha value is -2.71. The third kappa shape index (κ3) is 6.17. The molecule has 1 N–H and O–H groups in total. The van der Waals surface area contributed by atoms with Gasteiger partial charge in [-0.25, -0.2) is 4.79 Å². The van der Waals surface area contributed by atoms with E-state index in [4.69, 9.17) is 9.47 Å². The van der Waals surface area contributed by atoms with Gasteiger partial charge in [0.05, 0.1) is 24.5 Å². The minimum Gasteiger partial charge on any atom is -0.483 e. The summed E-state index contributed by atoms with van der Waals surface area (Å²) in [4.78, 5) is 12.3. The number of benzene rings is 2. The highest BCUT2D eigenvalue weighted by atomic mass is 32.2. The van der Waals surface area contributed by atoms with Gasteiger partial charge in [-0.2, -0.15) is 8.42 Å². The number of carbonyl (C=O) groups excluding carboxylic acids is 1. The number of aliphatic hydroxyl groups is 1.